The third-order valence-electron chi connectivity index (χ3n) is 4.87. The lowest BCUT2D eigenvalue weighted by Gasteiger charge is -2.25. The van der Waals surface area contributed by atoms with Crippen molar-refractivity contribution in [3.8, 4) is 0 Å². The number of rotatable bonds is 4. The first kappa shape index (κ1) is 16.0. The molecule has 1 saturated carbocycles. The van der Waals surface area contributed by atoms with Gasteiger partial charge >= 0.3 is 0 Å². The Morgan fingerprint density at radius 1 is 1.22 bits per heavy atom. The van der Waals surface area contributed by atoms with Crippen LogP contribution in [0.15, 0.2) is 24.3 Å². The van der Waals surface area contributed by atoms with Crippen molar-refractivity contribution in [1.82, 2.24) is 5.32 Å². The van der Waals surface area contributed by atoms with E-state index < -0.39 is 0 Å². The Labute approximate surface area is 137 Å². The lowest BCUT2D eigenvalue weighted by molar-refractivity contribution is -0.126. The summed E-state index contributed by atoms with van der Waals surface area (Å²) in [5, 5.41) is 3.01. The highest BCUT2D eigenvalue weighted by Crippen LogP contribution is 2.24. The number of hydrogen-bond acceptors (Lipinski definition) is 3. The molecule has 3 N–H and O–H groups in total. The Morgan fingerprint density at radius 3 is 2.65 bits per heavy atom. The van der Waals surface area contributed by atoms with E-state index in [4.69, 9.17) is 5.73 Å². The minimum atomic E-state index is 0.0558. The second-order valence-corrected chi connectivity index (χ2v) is 6.66. The van der Waals surface area contributed by atoms with E-state index in [9.17, 15) is 9.59 Å². The molecule has 2 amide bonds. The van der Waals surface area contributed by atoms with Gasteiger partial charge in [0.1, 0.15) is 0 Å². The van der Waals surface area contributed by atoms with Crippen molar-refractivity contribution in [1.29, 1.82) is 0 Å². The van der Waals surface area contributed by atoms with Crippen LogP contribution >= 0.6 is 0 Å². The molecule has 0 aromatic heterocycles. The molecule has 2 unspecified atom stereocenters. The molecule has 5 nitrogen and oxygen atoms in total. The van der Waals surface area contributed by atoms with Gasteiger partial charge in [0, 0.05) is 37.2 Å². The molecule has 3 rings (SSSR count). The maximum atomic E-state index is 12.2. The quantitative estimate of drug-likeness (QED) is 0.891. The number of hydrogen-bond donors (Lipinski definition) is 2. The number of carbonyl (C=O) groups is 2. The van der Waals surface area contributed by atoms with Gasteiger partial charge in [-0.05, 0) is 43.4 Å². The maximum Gasteiger partial charge on any atom is 0.227 e. The minimum Gasteiger partial charge on any atom is -0.352 e. The number of nitrogens with zero attached hydrogens (tertiary/aromatic N) is 1. The van der Waals surface area contributed by atoms with Crippen molar-refractivity contribution >= 4 is 17.5 Å². The van der Waals surface area contributed by atoms with Gasteiger partial charge in [0.15, 0.2) is 0 Å². The van der Waals surface area contributed by atoms with E-state index in [1.54, 1.807) is 0 Å². The van der Waals surface area contributed by atoms with Crippen LogP contribution in [0.2, 0.25) is 0 Å². The largest absolute Gasteiger partial charge is 0.352 e. The van der Waals surface area contributed by atoms with Gasteiger partial charge < -0.3 is 16.0 Å². The number of carbonyl (C=O) groups excluding carboxylic acids is 2. The van der Waals surface area contributed by atoms with Crippen LogP contribution in [0.1, 0.15) is 44.1 Å². The van der Waals surface area contributed by atoms with Crippen LogP contribution in [-0.2, 0) is 16.1 Å². The lowest BCUT2D eigenvalue weighted by atomic mass is 9.85. The van der Waals surface area contributed by atoms with Gasteiger partial charge in [-0.3, -0.25) is 9.59 Å². The molecule has 124 valence electrons. The molecule has 2 aliphatic rings. The fraction of sp³-hybridized carbons (Fsp3) is 0.556. The van der Waals surface area contributed by atoms with E-state index in [1.807, 2.05) is 29.2 Å². The molecule has 0 bridgehead atoms. The summed E-state index contributed by atoms with van der Waals surface area (Å²) in [4.78, 5) is 25.8. The van der Waals surface area contributed by atoms with Crippen molar-refractivity contribution < 1.29 is 9.59 Å². The molecule has 2 fully saturated rings. The van der Waals surface area contributed by atoms with Crippen LogP contribution in [0.3, 0.4) is 0 Å². The van der Waals surface area contributed by atoms with Crippen molar-refractivity contribution in [2.45, 2.75) is 51.1 Å². The maximum absolute atomic E-state index is 12.2. The van der Waals surface area contributed by atoms with E-state index in [0.29, 0.717) is 13.0 Å². The molecule has 5 heteroatoms. The van der Waals surface area contributed by atoms with Crippen LogP contribution < -0.4 is 16.0 Å². The molecule has 2 atom stereocenters. The number of amides is 2. The molecule has 1 aliphatic carbocycles. The first-order chi connectivity index (χ1) is 11.1. The van der Waals surface area contributed by atoms with E-state index in [1.165, 1.54) is 0 Å². The fourth-order valence-electron chi connectivity index (χ4n) is 3.51. The van der Waals surface area contributed by atoms with E-state index in [2.05, 4.69) is 5.32 Å². The Kier molecular flexibility index (Phi) is 4.96. The summed E-state index contributed by atoms with van der Waals surface area (Å²) in [6, 6.07) is 8.04. The zero-order valence-electron chi connectivity index (χ0n) is 13.5. The topological polar surface area (TPSA) is 75.4 Å². The summed E-state index contributed by atoms with van der Waals surface area (Å²) < 4.78 is 0. The van der Waals surface area contributed by atoms with Gasteiger partial charge in [-0.15, -0.1) is 0 Å². The third-order valence-corrected chi connectivity index (χ3v) is 4.87. The van der Waals surface area contributed by atoms with Crippen LogP contribution in [-0.4, -0.2) is 24.4 Å². The van der Waals surface area contributed by atoms with Crippen molar-refractivity contribution in [2.24, 2.45) is 11.7 Å². The SMILES string of the molecule is NC1CCCC(C(=O)NCc2ccc(N3CCCC3=O)cc2)C1. The smallest absolute Gasteiger partial charge is 0.227 e. The predicted molar refractivity (Wildman–Crippen MR) is 89.8 cm³/mol. The highest BCUT2D eigenvalue weighted by molar-refractivity contribution is 5.95. The van der Waals surface area contributed by atoms with Gasteiger partial charge in [0.25, 0.3) is 0 Å². The molecular weight excluding hydrogens is 290 g/mol. The summed E-state index contributed by atoms with van der Waals surface area (Å²) in [6.07, 6.45) is 5.37. The lowest BCUT2D eigenvalue weighted by Crippen LogP contribution is -2.37. The van der Waals surface area contributed by atoms with Crippen molar-refractivity contribution in [3.05, 3.63) is 29.8 Å². The van der Waals surface area contributed by atoms with Gasteiger partial charge in [0.05, 0.1) is 0 Å². The van der Waals surface area contributed by atoms with Crippen LogP contribution in [0.25, 0.3) is 0 Å². The zero-order valence-corrected chi connectivity index (χ0v) is 13.5. The summed E-state index contributed by atoms with van der Waals surface area (Å²) in [5.41, 5.74) is 7.94. The highest BCUT2D eigenvalue weighted by atomic mass is 16.2. The Hall–Kier alpha value is -1.88. The molecule has 0 radical (unpaired) electrons. The standard InChI is InChI=1S/C18H25N3O2/c19-15-4-1-3-14(11-15)18(23)20-12-13-6-8-16(9-7-13)21-10-2-5-17(21)22/h6-9,14-15H,1-5,10-12,19H2,(H,20,23). The molecule has 1 aromatic carbocycles. The van der Waals surface area contributed by atoms with Crippen LogP contribution in [0.4, 0.5) is 5.69 Å². The first-order valence-corrected chi connectivity index (χ1v) is 8.56. The first-order valence-electron chi connectivity index (χ1n) is 8.56. The monoisotopic (exact) mass is 315 g/mol. The Balaban J connectivity index is 1.52. The highest BCUT2D eigenvalue weighted by Gasteiger charge is 2.25. The van der Waals surface area contributed by atoms with Gasteiger partial charge in [0.2, 0.25) is 11.8 Å². The fourth-order valence-corrected chi connectivity index (χ4v) is 3.51. The van der Waals surface area contributed by atoms with Gasteiger partial charge in [-0.1, -0.05) is 18.6 Å². The second-order valence-electron chi connectivity index (χ2n) is 6.66. The Bertz CT molecular complexity index is 570. The average Bonchev–Trinajstić information content (AvgIpc) is 2.99. The normalized spacial score (nSPS) is 24.7. The molecule has 1 aliphatic heterocycles. The molecular formula is C18H25N3O2. The zero-order chi connectivity index (χ0) is 16.2. The van der Waals surface area contributed by atoms with Crippen molar-refractivity contribution in [2.75, 3.05) is 11.4 Å². The number of nitrogens with two attached hydrogens (primary N) is 1. The van der Waals surface area contributed by atoms with Crippen LogP contribution in [0.5, 0.6) is 0 Å². The number of benzene rings is 1. The van der Waals surface area contributed by atoms with E-state index in [0.717, 1.165) is 49.9 Å². The molecule has 1 aromatic rings. The van der Waals surface area contributed by atoms with Crippen LogP contribution in [0, 0.1) is 5.92 Å². The summed E-state index contributed by atoms with van der Waals surface area (Å²) in [5.74, 6) is 0.360. The summed E-state index contributed by atoms with van der Waals surface area (Å²) in [6.45, 7) is 1.33. The molecule has 0 spiro atoms. The summed E-state index contributed by atoms with van der Waals surface area (Å²) >= 11 is 0. The predicted octanol–water partition coefficient (Wildman–Crippen LogP) is 1.95. The molecule has 1 saturated heterocycles. The van der Waals surface area contributed by atoms with E-state index in [-0.39, 0.29) is 23.8 Å². The number of nitrogens with one attached hydrogen (secondary N) is 1. The third kappa shape index (κ3) is 3.91. The molecule has 23 heavy (non-hydrogen) atoms. The van der Waals surface area contributed by atoms with Gasteiger partial charge in [-0.2, -0.15) is 0 Å². The number of anilines is 1. The Morgan fingerprint density at radius 2 is 2.00 bits per heavy atom. The molecule has 1 heterocycles. The average molecular weight is 315 g/mol. The van der Waals surface area contributed by atoms with Crippen molar-refractivity contribution in [3.63, 3.8) is 0 Å². The minimum absolute atomic E-state index is 0.0558. The second kappa shape index (κ2) is 7.13. The summed E-state index contributed by atoms with van der Waals surface area (Å²) in [7, 11) is 0. The van der Waals surface area contributed by atoms with E-state index >= 15 is 0 Å². The van der Waals surface area contributed by atoms with Gasteiger partial charge in [-0.25, -0.2) is 0 Å².